The monoisotopic (exact) mass is 639 g/mol. The summed E-state index contributed by atoms with van der Waals surface area (Å²) in [4.78, 5) is 41.6. The molecule has 1 fully saturated rings. The summed E-state index contributed by atoms with van der Waals surface area (Å²) in [6.45, 7) is 0.556. The van der Waals surface area contributed by atoms with Crippen molar-refractivity contribution in [1.82, 2.24) is 15.5 Å². The van der Waals surface area contributed by atoms with E-state index in [9.17, 15) is 18.8 Å². The van der Waals surface area contributed by atoms with Crippen LogP contribution in [0.3, 0.4) is 0 Å². The number of methoxy groups -OCH3 is 2. The molecular formula is C36H34FN3O7. The maximum Gasteiger partial charge on any atom is 0.258 e. The van der Waals surface area contributed by atoms with Gasteiger partial charge < -0.3 is 34.5 Å². The van der Waals surface area contributed by atoms with E-state index in [0.717, 1.165) is 11.1 Å². The van der Waals surface area contributed by atoms with Crippen LogP contribution < -0.4 is 29.6 Å². The van der Waals surface area contributed by atoms with Crippen molar-refractivity contribution in [2.75, 3.05) is 33.9 Å². The Morgan fingerprint density at radius 3 is 2.51 bits per heavy atom. The summed E-state index contributed by atoms with van der Waals surface area (Å²) in [7, 11) is 2.86. The Bertz CT molecular complexity index is 1800. The van der Waals surface area contributed by atoms with Gasteiger partial charge in [0.2, 0.25) is 0 Å². The van der Waals surface area contributed by atoms with Gasteiger partial charge in [-0.15, -0.1) is 0 Å². The van der Waals surface area contributed by atoms with Crippen molar-refractivity contribution in [2.45, 2.75) is 25.1 Å². The van der Waals surface area contributed by atoms with Crippen LogP contribution in [0.4, 0.5) is 4.39 Å². The molecule has 3 amide bonds. The Labute approximate surface area is 271 Å². The molecule has 3 aliphatic heterocycles. The quantitative estimate of drug-likeness (QED) is 0.337. The number of benzene rings is 4. The summed E-state index contributed by atoms with van der Waals surface area (Å²) in [5.74, 6) is -0.244. The van der Waals surface area contributed by atoms with Crippen molar-refractivity contribution in [1.29, 1.82) is 0 Å². The first-order valence-corrected chi connectivity index (χ1v) is 15.2. The molecule has 4 aromatic carbocycles. The first kappa shape index (κ1) is 31.4. The van der Waals surface area contributed by atoms with Crippen LogP contribution >= 0.6 is 0 Å². The summed E-state index contributed by atoms with van der Waals surface area (Å²) in [6, 6.07) is 23.1. The number of nitrogens with zero attached hydrogens (tertiary/aromatic N) is 1. The van der Waals surface area contributed by atoms with E-state index in [0.29, 0.717) is 47.9 Å². The van der Waals surface area contributed by atoms with Gasteiger partial charge in [0.05, 0.1) is 25.8 Å². The predicted octanol–water partition coefficient (Wildman–Crippen LogP) is 4.61. The molecule has 11 heteroatoms. The van der Waals surface area contributed by atoms with E-state index < -0.39 is 23.9 Å². The Morgan fingerprint density at radius 2 is 1.72 bits per heavy atom. The second kappa shape index (κ2) is 13.8. The summed E-state index contributed by atoms with van der Waals surface area (Å²) in [6.07, 6.45) is -0.0904. The number of likely N-dealkylation sites (tertiary alicyclic amines) is 1. The van der Waals surface area contributed by atoms with Crippen LogP contribution in [-0.4, -0.2) is 68.7 Å². The van der Waals surface area contributed by atoms with Gasteiger partial charge in [0.25, 0.3) is 17.7 Å². The van der Waals surface area contributed by atoms with Gasteiger partial charge in [0, 0.05) is 37.2 Å². The molecule has 0 unspecified atom stereocenters. The number of carbonyl (C=O) groups is 3. The Morgan fingerprint density at radius 1 is 0.915 bits per heavy atom. The van der Waals surface area contributed by atoms with Crippen LogP contribution in [0.5, 0.6) is 23.0 Å². The number of amides is 3. The van der Waals surface area contributed by atoms with Gasteiger partial charge in [-0.05, 0) is 65.7 Å². The molecule has 0 aromatic heterocycles. The molecule has 0 saturated carbocycles. The third-order valence-corrected chi connectivity index (χ3v) is 8.23. The van der Waals surface area contributed by atoms with Gasteiger partial charge in [-0.2, -0.15) is 0 Å². The lowest BCUT2D eigenvalue weighted by atomic mass is 9.98. The molecule has 2 atom stereocenters. The van der Waals surface area contributed by atoms with Gasteiger partial charge in [0.15, 0.2) is 18.2 Å². The molecule has 0 radical (unpaired) electrons. The Balaban J connectivity index is 1.35. The molecule has 4 aromatic rings. The number of hydrogen-bond acceptors (Lipinski definition) is 7. The lowest BCUT2D eigenvalue weighted by molar-refractivity contribution is -0.123. The minimum Gasteiger partial charge on any atom is -0.496 e. The zero-order valence-corrected chi connectivity index (χ0v) is 26.0. The molecule has 7 rings (SSSR count). The second-order valence-electron chi connectivity index (χ2n) is 11.2. The number of carbonyl (C=O) groups excluding carboxylic acids is 3. The average molecular weight is 640 g/mol. The first-order valence-electron chi connectivity index (χ1n) is 15.2. The number of ether oxygens (including phenoxy) is 4. The van der Waals surface area contributed by atoms with Gasteiger partial charge in [-0.3, -0.25) is 14.4 Å². The standard InChI is InChI=1S/C36H34FN3O7/c1-44-31-14-11-24-18-28(31)23-5-3-6-26(17-23)46-21-33(41)38-19-22-9-12-25(13-10-22)47-32-15-16-40(20-30(32)39-35(24)42)36(43)27-7-4-8-29(37)34(27)45-2/h3-14,17-18,30,32H,15-16,19-21H2,1-2H3,(H,38,41)(H,39,42)/t30-,32-/m1/s1. The molecule has 0 aliphatic carbocycles. The van der Waals surface area contributed by atoms with Crippen molar-refractivity contribution in [3.63, 3.8) is 0 Å². The van der Waals surface area contributed by atoms with Crippen molar-refractivity contribution in [3.8, 4) is 34.1 Å². The fraction of sp³-hybridized carbons (Fsp3) is 0.250. The second-order valence-corrected chi connectivity index (χ2v) is 11.2. The largest absolute Gasteiger partial charge is 0.496 e. The predicted molar refractivity (Wildman–Crippen MR) is 171 cm³/mol. The van der Waals surface area contributed by atoms with Gasteiger partial charge in [-0.1, -0.05) is 30.3 Å². The fourth-order valence-electron chi connectivity index (χ4n) is 5.79. The number of nitrogens with one attached hydrogen (secondary N) is 2. The molecule has 3 aliphatic rings. The molecule has 3 heterocycles. The Hall–Kier alpha value is -5.58. The maximum atomic E-state index is 14.5. The van der Waals surface area contributed by atoms with E-state index >= 15 is 0 Å². The molecule has 1 saturated heterocycles. The van der Waals surface area contributed by atoms with Crippen LogP contribution in [-0.2, 0) is 11.3 Å². The molecule has 0 spiro atoms. The molecular weight excluding hydrogens is 605 g/mol. The zero-order chi connectivity index (χ0) is 32.9. The average Bonchev–Trinajstić information content (AvgIpc) is 3.10. The third kappa shape index (κ3) is 6.99. The Kier molecular flexibility index (Phi) is 9.23. The highest BCUT2D eigenvalue weighted by atomic mass is 19.1. The van der Waals surface area contributed by atoms with Crippen molar-refractivity contribution in [2.24, 2.45) is 0 Å². The minimum absolute atomic E-state index is 0.0961. The molecule has 2 N–H and O–H groups in total. The van der Waals surface area contributed by atoms with Gasteiger partial charge in [0.1, 0.15) is 23.4 Å². The van der Waals surface area contributed by atoms with Crippen LogP contribution in [0.2, 0.25) is 0 Å². The normalized spacial score (nSPS) is 18.1. The lowest BCUT2D eigenvalue weighted by Crippen LogP contribution is -2.58. The summed E-state index contributed by atoms with van der Waals surface area (Å²) in [5, 5.41) is 5.95. The van der Waals surface area contributed by atoms with Gasteiger partial charge >= 0.3 is 0 Å². The van der Waals surface area contributed by atoms with E-state index in [1.807, 2.05) is 18.2 Å². The van der Waals surface area contributed by atoms with E-state index in [2.05, 4.69) is 10.6 Å². The fourth-order valence-corrected chi connectivity index (χ4v) is 5.79. The number of rotatable bonds is 3. The van der Waals surface area contributed by atoms with E-state index in [4.69, 9.17) is 18.9 Å². The number of para-hydroxylation sites is 1. The zero-order valence-electron chi connectivity index (χ0n) is 26.0. The van der Waals surface area contributed by atoms with E-state index in [-0.39, 0.29) is 36.3 Å². The van der Waals surface area contributed by atoms with Crippen LogP contribution in [0.1, 0.15) is 32.7 Å². The highest BCUT2D eigenvalue weighted by Gasteiger charge is 2.36. The van der Waals surface area contributed by atoms with Crippen LogP contribution in [0, 0.1) is 5.82 Å². The molecule has 10 nitrogen and oxygen atoms in total. The van der Waals surface area contributed by atoms with E-state index in [1.54, 1.807) is 60.5 Å². The van der Waals surface area contributed by atoms with Crippen molar-refractivity contribution in [3.05, 3.63) is 107 Å². The number of fused-ring (bicyclic) bond motifs is 7. The third-order valence-electron chi connectivity index (χ3n) is 8.23. The number of hydrogen-bond donors (Lipinski definition) is 2. The molecule has 6 bridgehead atoms. The molecule has 242 valence electrons. The smallest absolute Gasteiger partial charge is 0.258 e. The first-order chi connectivity index (χ1) is 22.8. The summed E-state index contributed by atoms with van der Waals surface area (Å²) in [5.41, 5.74) is 2.69. The lowest BCUT2D eigenvalue weighted by Gasteiger charge is -2.39. The van der Waals surface area contributed by atoms with Crippen molar-refractivity contribution < 1.29 is 37.7 Å². The van der Waals surface area contributed by atoms with Gasteiger partial charge in [-0.25, -0.2) is 4.39 Å². The highest BCUT2D eigenvalue weighted by Crippen LogP contribution is 2.33. The summed E-state index contributed by atoms with van der Waals surface area (Å²) < 4.78 is 37.4. The van der Waals surface area contributed by atoms with E-state index in [1.165, 1.54) is 25.3 Å². The van der Waals surface area contributed by atoms with Crippen LogP contribution in [0.25, 0.3) is 11.1 Å². The highest BCUT2D eigenvalue weighted by molar-refractivity contribution is 5.98. The minimum atomic E-state index is -0.636. The van der Waals surface area contributed by atoms with Crippen molar-refractivity contribution >= 4 is 17.7 Å². The van der Waals surface area contributed by atoms with Crippen LogP contribution in [0.15, 0.2) is 84.9 Å². The topological polar surface area (TPSA) is 115 Å². The molecule has 47 heavy (non-hydrogen) atoms. The number of halogens is 1. The maximum absolute atomic E-state index is 14.5. The SMILES string of the molecule is COc1ccc2cc1-c1cccc(c1)OCC(=O)NCc1ccc(cc1)O[C@@H]1CCN(C(=O)c3cccc(F)c3OC)C[C@H]1NC2=O. The summed E-state index contributed by atoms with van der Waals surface area (Å²) >= 11 is 0. The number of piperidine rings is 1.